The second-order valence-corrected chi connectivity index (χ2v) is 6.78. The van der Waals surface area contributed by atoms with E-state index in [9.17, 15) is 4.79 Å². The van der Waals surface area contributed by atoms with E-state index in [1.807, 2.05) is 32.7 Å². The van der Waals surface area contributed by atoms with Crippen LogP contribution in [-0.4, -0.2) is 36.0 Å². The van der Waals surface area contributed by atoms with Crippen LogP contribution in [-0.2, 0) is 4.79 Å². The van der Waals surface area contributed by atoms with Crippen molar-refractivity contribution in [2.75, 3.05) is 12.8 Å². The fourth-order valence-electron chi connectivity index (χ4n) is 2.64. The molecule has 0 aromatic heterocycles. The molecule has 0 radical (unpaired) electrons. The highest BCUT2D eigenvalue weighted by Gasteiger charge is 2.29. The molecule has 18 heavy (non-hydrogen) atoms. The minimum atomic E-state index is 0.170. The molecular weight excluding hydrogens is 244 g/mol. The third-order valence-corrected chi connectivity index (χ3v) is 5.10. The smallest absolute Gasteiger partial charge is 0.230 e. The molecule has 3 atom stereocenters. The summed E-state index contributed by atoms with van der Waals surface area (Å²) in [6, 6.07) is 0.817. The maximum absolute atomic E-state index is 11.7. The van der Waals surface area contributed by atoms with Crippen LogP contribution in [0.4, 0.5) is 0 Å². The fraction of sp³-hybridized carbons (Fsp3) is 0.929. The summed E-state index contributed by atoms with van der Waals surface area (Å²) in [5, 5.41) is 6.96. The predicted octanol–water partition coefficient (Wildman–Crippen LogP) is 2.41. The van der Waals surface area contributed by atoms with Crippen molar-refractivity contribution in [3.05, 3.63) is 0 Å². The van der Waals surface area contributed by atoms with Crippen LogP contribution in [0.3, 0.4) is 0 Å². The lowest BCUT2D eigenvalue weighted by Gasteiger charge is -2.35. The summed E-state index contributed by atoms with van der Waals surface area (Å²) in [7, 11) is 2.04. The zero-order valence-electron chi connectivity index (χ0n) is 12.2. The molecule has 0 aromatic rings. The first-order chi connectivity index (χ1) is 8.56. The van der Waals surface area contributed by atoms with Crippen molar-refractivity contribution in [3.63, 3.8) is 0 Å². The van der Waals surface area contributed by atoms with Gasteiger partial charge >= 0.3 is 0 Å². The average molecular weight is 272 g/mol. The highest BCUT2D eigenvalue weighted by atomic mass is 32.2. The molecule has 1 amide bonds. The molecule has 3 nitrogen and oxygen atoms in total. The lowest BCUT2D eigenvalue weighted by atomic mass is 9.84. The van der Waals surface area contributed by atoms with Crippen LogP contribution in [0, 0.1) is 5.92 Å². The van der Waals surface area contributed by atoms with Gasteiger partial charge in [0.2, 0.25) is 5.91 Å². The molecule has 1 aliphatic rings. The highest BCUT2D eigenvalue weighted by Crippen LogP contribution is 2.33. The van der Waals surface area contributed by atoms with E-state index in [2.05, 4.69) is 17.6 Å². The third-order valence-electron chi connectivity index (χ3n) is 3.73. The van der Waals surface area contributed by atoms with Crippen molar-refractivity contribution in [1.29, 1.82) is 0 Å². The topological polar surface area (TPSA) is 41.1 Å². The second-order valence-electron chi connectivity index (χ2n) is 5.55. The SMILES string of the molecule is CCC1CCC(NC)C(SCC(=O)NC(C)C)C1. The Hall–Kier alpha value is -0.220. The quantitative estimate of drug-likeness (QED) is 0.780. The Bertz CT molecular complexity index is 258. The Balaban J connectivity index is 2.39. The maximum Gasteiger partial charge on any atom is 0.230 e. The number of carbonyl (C=O) groups is 1. The van der Waals surface area contributed by atoms with Crippen molar-refractivity contribution in [2.45, 2.75) is 63.8 Å². The van der Waals surface area contributed by atoms with Crippen molar-refractivity contribution in [3.8, 4) is 0 Å². The van der Waals surface area contributed by atoms with Crippen LogP contribution in [0.1, 0.15) is 46.5 Å². The van der Waals surface area contributed by atoms with E-state index in [-0.39, 0.29) is 11.9 Å². The van der Waals surface area contributed by atoms with Crippen LogP contribution in [0.5, 0.6) is 0 Å². The van der Waals surface area contributed by atoms with Gasteiger partial charge in [0.25, 0.3) is 0 Å². The zero-order valence-corrected chi connectivity index (χ0v) is 13.0. The second kappa shape index (κ2) is 8.05. The molecule has 0 aromatic carbocycles. The number of carbonyl (C=O) groups excluding carboxylic acids is 1. The van der Waals surface area contributed by atoms with Gasteiger partial charge in [0, 0.05) is 17.3 Å². The Morgan fingerprint density at radius 1 is 1.39 bits per heavy atom. The Kier molecular flexibility index (Phi) is 7.08. The van der Waals surface area contributed by atoms with Gasteiger partial charge in [-0.05, 0) is 46.1 Å². The van der Waals surface area contributed by atoms with Gasteiger partial charge in [0.15, 0.2) is 0 Å². The molecule has 0 spiro atoms. The lowest BCUT2D eigenvalue weighted by molar-refractivity contribution is -0.119. The number of amides is 1. The van der Waals surface area contributed by atoms with Gasteiger partial charge in [0.1, 0.15) is 0 Å². The normalized spacial score (nSPS) is 28.4. The Morgan fingerprint density at radius 2 is 2.11 bits per heavy atom. The Morgan fingerprint density at radius 3 is 2.67 bits per heavy atom. The first-order valence-electron chi connectivity index (χ1n) is 7.15. The van der Waals surface area contributed by atoms with E-state index in [1.165, 1.54) is 25.7 Å². The molecular formula is C14H28N2OS. The van der Waals surface area contributed by atoms with Gasteiger partial charge in [-0.1, -0.05) is 13.3 Å². The summed E-state index contributed by atoms with van der Waals surface area (Å²) in [4.78, 5) is 11.7. The molecule has 3 unspecified atom stereocenters. The molecule has 1 aliphatic carbocycles. The lowest BCUT2D eigenvalue weighted by Crippen LogP contribution is -2.42. The average Bonchev–Trinajstić information content (AvgIpc) is 2.35. The van der Waals surface area contributed by atoms with E-state index >= 15 is 0 Å². The van der Waals surface area contributed by atoms with Crippen LogP contribution in [0.25, 0.3) is 0 Å². The molecule has 2 N–H and O–H groups in total. The molecule has 0 aliphatic heterocycles. The summed E-state index contributed by atoms with van der Waals surface area (Å²) in [6.07, 6.45) is 5.10. The number of hydrogen-bond donors (Lipinski definition) is 2. The summed E-state index contributed by atoms with van der Waals surface area (Å²) < 4.78 is 0. The van der Waals surface area contributed by atoms with E-state index < -0.39 is 0 Å². The number of hydrogen-bond acceptors (Lipinski definition) is 3. The summed E-state index contributed by atoms with van der Waals surface area (Å²) >= 11 is 1.82. The standard InChI is InChI=1S/C14H28N2OS/c1-5-11-6-7-12(15-4)13(8-11)18-9-14(17)16-10(2)3/h10-13,15H,5-9H2,1-4H3,(H,16,17). The maximum atomic E-state index is 11.7. The number of thioether (sulfide) groups is 1. The summed E-state index contributed by atoms with van der Waals surface area (Å²) in [5.74, 6) is 1.61. The van der Waals surface area contributed by atoms with Gasteiger partial charge in [-0.15, -0.1) is 11.8 Å². The first kappa shape index (κ1) is 15.8. The van der Waals surface area contributed by atoms with Gasteiger partial charge in [0.05, 0.1) is 5.75 Å². The highest BCUT2D eigenvalue weighted by molar-refractivity contribution is 8.00. The number of nitrogens with one attached hydrogen (secondary N) is 2. The van der Waals surface area contributed by atoms with E-state index in [0.717, 1.165) is 5.92 Å². The number of rotatable bonds is 6. The summed E-state index contributed by atoms with van der Waals surface area (Å²) in [6.45, 7) is 6.29. The van der Waals surface area contributed by atoms with Crippen molar-refractivity contribution < 1.29 is 4.79 Å². The van der Waals surface area contributed by atoms with Crippen LogP contribution >= 0.6 is 11.8 Å². The molecule has 4 heteroatoms. The zero-order chi connectivity index (χ0) is 13.5. The van der Waals surface area contributed by atoms with Gasteiger partial charge in [-0.25, -0.2) is 0 Å². The van der Waals surface area contributed by atoms with Crippen LogP contribution in [0.2, 0.25) is 0 Å². The summed E-state index contributed by atoms with van der Waals surface area (Å²) in [5.41, 5.74) is 0. The molecule has 1 saturated carbocycles. The molecule has 0 bridgehead atoms. The predicted molar refractivity (Wildman–Crippen MR) is 80.0 cm³/mol. The fourth-order valence-corrected chi connectivity index (χ4v) is 4.00. The minimum Gasteiger partial charge on any atom is -0.353 e. The van der Waals surface area contributed by atoms with Crippen molar-refractivity contribution in [1.82, 2.24) is 10.6 Å². The molecule has 0 saturated heterocycles. The van der Waals surface area contributed by atoms with Crippen molar-refractivity contribution in [2.24, 2.45) is 5.92 Å². The van der Waals surface area contributed by atoms with Gasteiger partial charge in [-0.3, -0.25) is 4.79 Å². The largest absolute Gasteiger partial charge is 0.353 e. The molecule has 1 rings (SSSR count). The van der Waals surface area contributed by atoms with Gasteiger partial charge in [-0.2, -0.15) is 0 Å². The Labute approximate surface area is 116 Å². The minimum absolute atomic E-state index is 0.170. The van der Waals surface area contributed by atoms with E-state index in [4.69, 9.17) is 0 Å². The first-order valence-corrected chi connectivity index (χ1v) is 8.19. The van der Waals surface area contributed by atoms with Gasteiger partial charge < -0.3 is 10.6 Å². The van der Waals surface area contributed by atoms with Crippen LogP contribution in [0.15, 0.2) is 0 Å². The van der Waals surface area contributed by atoms with Crippen molar-refractivity contribution >= 4 is 17.7 Å². The molecule has 0 heterocycles. The van der Waals surface area contributed by atoms with E-state index in [0.29, 0.717) is 17.0 Å². The van der Waals surface area contributed by atoms with E-state index in [1.54, 1.807) is 0 Å². The molecule has 1 fully saturated rings. The third kappa shape index (κ3) is 5.19. The molecule has 106 valence electrons. The monoisotopic (exact) mass is 272 g/mol. The van der Waals surface area contributed by atoms with Crippen LogP contribution < -0.4 is 10.6 Å².